The molecule has 0 aliphatic rings. The molecule has 0 saturated heterocycles. The average molecular weight is 315 g/mol. The van der Waals surface area contributed by atoms with Crippen molar-refractivity contribution < 1.29 is 18.0 Å². The molecule has 2 heterocycles. The summed E-state index contributed by atoms with van der Waals surface area (Å²) in [6.07, 6.45) is 4.90. The molecule has 0 aliphatic carbocycles. The standard InChI is InChI=1S/C13H15F2N3O2S/c14-13(15)21-8-9-3-4-10(20-9)12(19)18-5-1-2-11-16-6-7-17-11/h3-4,6-7,13H,1-2,5,8H2,(H,16,17)(H,18,19). The lowest BCUT2D eigenvalue weighted by molar-refractivity contribution is 0.0924. The summed E-state index contributed by atoms with van der Waals surface area (Å²) in [5.41, 5.74) is 0. The second-order valence-corrected chi connectivity index (χ2v) is 5.21. The molecule has 1 amide bonds. The molecule has 0 atom stereocenters. The highest BCUT2D eigenvalue weighted by molar-refractivity contribution is 7.98. The Morgan fingerprint density at radius 3 is 3.05 bits per heavy atom. The SMILES string of the molecule is O=C(NCCCc1ncc[nH]1)c1ccc(CSC(F)F)o1. The lowest BCUT2D eigenvalue weighted by Crippen LogP contribution is -2.24. The number of aromatic nitrogens is 2. The number of H-pyrrole nitrogens is 1. The third-order valence-corrected chi connectivity index (χ3v) is 3.37. The van der Waals surface area contributed by atoms with Gasteiger partial charge in [-0.15, -0.1) is 0 Å². The van der Waals surface area contributed by atoms with Gasteiger partial charge in [0.2, 0.25) is 0 Å². The van der Waals surface area contributed by atoms with Gasteiger partial charge in [0, 0.05) is 25.4 Å². The van der Waals surface area contributed by atoms with Gasteiger partial charge >= 0.3 is 0 Å². The Morgan fingerprint density at radius 2 is 2.33 bits per heavy atom. The van der Waals surface area contributed by atoms with Crippen molar-refractivity contribution in [3.63, 3.8) is 0 Å². The van der Waals surface area contributed by atoms with Gasteiger partial charge in [0.15, 0.2) is 5.76 Å². The maximum atomic E-state index is 12.0. The fourth-order valence-electron chi connectivity index (χ4n) is 1.70. The van der Waals surface area contributed by atoms with Gasteiger partial charge in [0.25, 0.3) is 11.7 Å². The van der Waals surface area contributed by atoms with Crippen LogP contribution < -0.4 is 5.32 Å². The van der Waals surface area contributed by atoms with Crippen LogP contribution in [0.15, 0.2) is 28.9 Å². The molecule has 5 nitrogen and oxygen atoms in total. The van der Waals surface area contributed by atoms with Gasteiger partial charge in [0.1, 0.15) is 11.6 Å². The molecule has 8 heteroatoms. The third kappa shape index (κ3) is 5.22. The van der Waals surface area contributed by atoms with E-state index < -0.39 is 5.76 Å². The molecule has 0 radical (unpaired) electrons. The van der Waals surface area contributed by atoms with Gasteiger partial charge in [0.05, 0.1) is 5.75 Å². The minimum atomic E-state index is -2.45. The summed E-state index contributed by atoms with van der Waals surface area (Å²) in [4.78, 5) is 18.8. The Labute approximate surface area is 124 Å². The van der Waals surface area contributed by atoms with Crippen molar-refractivity contribution in [3.8, 4) is 0 Å². The van der Waals surface area contributed by atoms with Crippen LogP contribution in [0.5, 0.6) is 0 Å². The van der Waals surface area contributed by atoms with Crippen molar-refractivity contribution in [2.24, 2.45) is 0 Å². The molecule has 0 spiro atoms. The molecule has 0 saturated carbocycles. The van der Waals surface area contributed by atoms with E-state index in [1.165, 1.54) is 12.1 Å². The van der Waals surface area contributed by atoms with E-state index in [2.05, 4.69) is 15.3 Å². The molecule has 114 valence electrons. The van der Waals surface area contributed by atoms with Gasteiger partial charge < -0.3 is 14.7 Å². The summed E-state index contributed by atoms with van der Waals surface area (Å²) in [5, 5.41) is 2.71. The number of alkyl halides is 2. The number of thioether (sulfide) groups is 1. The minimum Gasteiger partial charge on any atom is -0.455 e. The smallest absolute Gasteiger partial charge is 0.286 e. The zero-order valence-electron chi connectivity index (χ0n) is 11.1. The first-order valence-electron chi connectivity index (χ1n) is 6.40. The Kier molecular flexibility index (Phi) is 5.79. The summed E-state index contributed by atoms with van der Waals surface area (Å²) in [6.45, 7) is 0.487. The topological polar surface area (TPSA) is 70.9 Å². The first-order valence-corrected chi connectivity index (χ1v) is 7.45. The molecule has 2 N–H and O–H groups in total. The number of furan rings is 1. The Morgan fingerprint density at radius 1 is 1.48 bits per heavy atom. The maximum absolute atomic E-state index is 12.0. The molecule has 0 fully saturated rings. The van der Waals surface area contributed by atoms with Gasteiger partial charge in [-0.25, -0.2) is 4.98 Å². The number of carbonyl (C=O) groups is 1. The fraction of sp³-hybridized carbons (Fsp3) is 0.385. The second kappa shape index (κ2) is 7.82. The molecule has 0 unspecified atom stereocenters. The van der Waals surface area contributed by atoms with Crippen molar-refractivity contribution >= 4 is 17.7 Å². The summed E-state index contributed by atoms with van der Waals surface area (Å²) in [6, 6.07) is 3.02. The number of halogens is 2. The molecule has 2 rings (SSSR count). The van der Waals surface area contributed by atoms with Crippen LogP contribution in [0.1, 0.15) is 28.6 Å². The number of hydrogen-bond donors (Lipinski definition) is 2. The van der Waals surface area contributed by atoms with E-state index in [-0.39, 0.29) is 17.4 Å². The van der Waals surface area contributed by atoms with Crippen LogP contribution in [0.4, 0.5) is 8.78 Å². The number of nitrogens with zero attached hydrogens (tertiary/aromatic N) is 1. The van der Waals surface area contributed by atoms with E-state index in [9.17, 15) is 13.6 Å². The van der Waals surface area contributed by atoms with Crippen molar-refractivity contribution in [2.45, 2.75) is 24.4 Å². The molecule has 0 bridgehead atoms. The van der Waals surface area contributed by atoms with Crippen LogP contribution in [0.2, 0.25) is 0 Å². The third-order valence-electron chi connectivity index (χ3n) is 2.67. The van der Waals surface area contributed by atoms with Gasteiger partial charge in [-0.1, -0.05) is 11.8 Å². The summed E-state index contributed by atoms with van der Waals surface area (Å²) >= 11 is 0.460. The predicted octanol–water partition coefficient (Wildman–Crippen LogP) is 2.82. The van der Waals surface area contributed by atoms with Crippen LogP contribution in [-0.2, 0) is 12.2 Å². The zero-order valence-corrected chi connectivity index (χ0v) is 12.0. The second-order valence-electron chi connectivity index (χ2n) is 4.23. The minimum absolute atomic E-state index is 0.0451. The predicted molar refractivity (Wildman–Crippen MR) is 75.2 cm³/mol. The van der Waals surface area contributed by atoms with E-state index >= 15 is 0 Å². The molecule has 0 aromatic carbocycles. The summed E-state index contributed by atoms with van der Waals surface area (Å²) in [7, 11) is 0. The first kappa shape index (κ1) is 15.6. The summed E-state index contributed by atoms with van der Waals surface area (Å²) < 4.78 is 29.3. The normalized spacial score (nSPS) is 11.0. The highest BCUT2D eigenvalue weighted by Crippen LogP contribution is 2.21. The van der Waals surface area contributed by atoms with E-state index in [1.807, 2.05) is 0 Å². The lowest BCUT2D eigenvalue weighted by Gasteiger charge is -2.02. The Hall–Kier alpha value is -1.83. The van der Waals surface area contributed by atoms with E-state index in [0.717, 1.165) is 18.7 Å². The van der Waals surface area contributed by atoms with Crippen LogP contribution in [0.25, 0.3) is 0 Å². The highest BCUT2D eigenvalue weighted by atomic mass is 32.2. The number of carbonyl (C=O) groups excluding carboxylic acids is 1. The lowest BCUT2D eigenvalue weighted by atomic mass is 10.3. The first-order chi connectivity index (χ1) is 10.1. The number of amides is 1. The number of nitrogens with one attached hydrogen (secondary N) is 2. The Balaban J connectivity index is 1.70. The van der Waals surface area contributed by atoms with Gasteiger partial charge in [-0.2, -0.15) is 8.78 Å². The van der Waals surface area contributed by atoms with Gasteiger partial charge in [-0.05, 0) is 18.6 Å². The molecule has 2 aromatic heterocycles. The fourth-order valence-corrected chi connectivity index (χ4v) is 2.15. The Bertz CT molecular complexity index is 558. The summed E-state index contributed by atoms with van der Waals surface area (Å²) in [5.74, 6) is -1.38. The average Bonchev–Trinajstić information content (AvgIpc) is 3.12. The van der Waals surface area contributed by atoms with Crippen molar-refractivity contribution in [1.29, 1.82) is 0 Å². The number of aryl methyl sites for hydroxylation is 1. The maximum Gasteiger partial charge on any atom is 0.286 e. The van der Waals surface area contributed by atoms with Gasteiger partial charge in [-0.3, -0.25) is 4.79 Å². The molecular weight excluding hydrogens is 300 g/mol. The van der Waals surface area contributed by atoms with Crippen LogP contribution in [0.3, 0.4) is 0 Å². The quantitative estimate of drug-likeness (QED) is 0.735. The monoisotopic (exact) mass is 315 g/mol. The molecule has 21 heavy (non-hydrogen) atoms. The number of rotatable bonds is 8. The number of hydrogen-bond acceptors (Lipinski definition) is 4. The zero-order chi connectivity index (χ0) is 15.1. The van der Waals surface area contributed by atoms with Crippen molar-refractivity contribution in [3.05, 3.63) is 41.9 Å². The van der Waals surface area contributed by atoms with E-state index in [0.29, 0.717) is 24.1 Å². The van der Waals surface area contributed by atoms with E-state index in [1.54, 1.807) is 12.4 Å². The largest absolute Gasteiger partial charge is 0.455 e. The molecule has 0 aliphatic heterocycles. The highest BCUT2D eigenvalue weighted by Gasteiger charge is 2.12. The number of aromatic amines is 1. The molecular formula is C13H15F2N3O2S. The van der Waals surface area contributed by atoms with E-state index in [4.69, 9.17) is 4.42 Å². The number of imidazole rings is 1. The van der Waals surface area contributed by atoms with Crippen LogP contribution >= 0.6 is 11.8 Å². The van der Waals surface area contributed by atoms with Crippen LogP contribution in [-0.4, -0.2) is 28.2 Å². The van der Waals surface area contributed by atoms with Crippen LogP contribution in [0, 0.1) is 0 Å². The van der Waals surface area contributed by atoms with Crippen molar-refractivity contribution in [1.82, 2.24) is 15.3 Å². The van der Waals surface area contributed by atoms with Crippen molar-refractivity contribution in [2.75, 3.05) is 6.54 Å². The molecule has 2 aromatic rings.